The summed E-state index contributed by atoms with van der Waals surface area (Å²) in [5.74, 6) is 0.496. The second kappa shape index (κ2) is 5.20. The molecule has 3 amide bonds. The van der Waals surface area contributed by atoms with E-state index >= 15 is 0 Å². The first-order chi connectivity index (χ1) is 6.67. The number of alkyl halides is 1. The van der Waals surface area contributed by atoms with Crippen LogP contribution in [-0.2, 0) is 4.79 Å². The van der Waals surface area contributed by atoms with E-state index in [-0.39, 0.29) is 24.2 Å². The van der Waals surface area contributed by atoms with Crippen LogP contribution in [-0.4, -0.2) is 23.9 Å². The third kappa shape index (κ3) is 3.54. The molecule has 0 spiro atoms. The van der Waals surface area contributed by atoms with Gasteiger partial charge in [-0.1, -0.05) is 13.3 Å². The summed E-state index contributed by atoms with van der Waals surface area (Å²) in [6.45, 7) is 2.09. The molecule has 80 valence electrons. The topological polar surface area (TPSA) is 58.2 Å². The van der Waals surface area contributed by atoms with Gasteiger partial charge in [0.25, 0.3) is 0 Å². The van der Waals surface area contributed by atoms with E-state index < -0.39 is 6.03 Å². The molecule has 0 aromatic rings. The molecule has 0 bridgehead atoms. The summed E-state index contributed by atoms with van der Waals surface area (Å²) in [7, 11) is 0. The maximum atomic E-state index is 11.2. The van der Waals surface area contributed by atoms with E-state index in [1.165, 1.54) is 0 Å². The maximum Gasteiger partial charge on any atom is 0.321 e. The summed E-state index contributed by atoms with van der Waals surface area (Å²) < 4.78 is 0. The van der Waals surface area contributed by atoms with Crippen LogP contribution in [0.25, 0.3) is 0 Å². The van der Waals surface area contributed by atoms with Gasteiger partial charge in [-0.15, -0.1) is 11.6 Å². The Kier molecular flexibility index (Phi) is 4.20. The van der Waals surface area contributed by atoms with Crippen LogP contribution in [0.1, 0.15) is 26.2 Å². The summed E-state index contributed by atoms with van der Waals surface area (Å²) in [6, 6.07) is -0.148. The lowest BCUT2D eigenvalue weighted by Gasteiger charge is -2.04. The number of halogens is 1. The number of hydrogen-bond acceptors (Lipinski definition) is 2. The Balaban J connectivity index is 2.14. The molecule has 1 fully saturated rings. The van der Waals surface area contributed by atoms with Gasteiger partial charge in [0.1, 0.15) is 0 Å². The highest BCUT2D eigenvalue weighted by Crippen LogP contribution is 2.32. The van der Waals surface area contributed by atoms with Gasteiger partial charge in [-0.05, 0) is 12.3 Å². The fourth-order valence-electron chi connectivity index (χ4n) is 1.35. The third-order valence-electron chi connectivity index (χ3n) is 2.34. The molecule has 14 heavy (non-hydrogen) atoms. The zero-order chi connectivity index (χ0) is 10.6. The molecule has 1 aliphatic rings. The van der Waals surface area contributed by atoms with Crippen LogP contribution in [0.15, 0.2) is 0 Å². The van der Waals surface area contributed by atoms with Crippen LogP contribution in [0.2, 0.25) is 0 Å². The van der Waals surface area contributed by atoms with Gasteiger partial charge in [0.05, 0.1) is 0 Å². The molecule has 0 saturated heterocycles. The Morgan fingerprint density at radius 2 is 2.21 bits per heavy atom. The quantitative estimate of drug-likeness (QED) is 0.698. The molecule has 5 heteroatoms. The van der Waals surface area contributed by atoms with Crippen molar-refractivity contribution in [3.05, 3.63) is 0 Å². The van der Waals surface area contributed by atoms with Crippen molar-refractivity contribution in [2.45, 2.75) is 32.2 Å². The lowest BCUT2D eigenvalue weighted by atomic mass is 10.3. The molecule has 1 saturated carbocycles. The average molecular weight is 219 g/mol. The predicted octanol–water partition coefficient (Wildman–Crippen LogP) is 1.24. The molecule has 0 aliphatic heterocycles. The second-order valence-corrected chi connectivity index (χ2v) is 3.85. The van der Waals surface area contributed by atoms with Crippen LogP contribution in [0, 0.1) is 5.92 Å². The van der Waals surface area contributed by atoms with Crippen molar-refractivity contribution in [1.29, 1.82) is 0 Å². The Hall–Kier alpha value is -0.770. The van der Waals surface area contributed by atoms with Crippen LogP contribution in [0.4, 0.5) is 4.79 Å². The molecule has 0 heterocycles. The van der Waals surface area contributed by atoms with Gasteiger partial charge in [0.15, 0.2) is 0 Å². The number of carbonyl (C=O) groups is 2. The second-order valence-electron chi connectivity index (χ2n) is 3.47. The molecule has 0 aromatic carbocycles. The summed E-state index contributed by atoms with van der Waals surface area (Å²) >= 11 is 5.35. The monoisotopic (exact) mass is 218 g/mol. The molecule has 1 aliphatic carbocycles. The zero-order valence-electron chi connectivity index (χ0n) is 8.18. The smallest absolute Gasteiger partial charge is 0.321 e. The van der Waals surface area contributed by atoms with Crippen molar-refractivity contribution in [1.82, 2.24) is 10.6 Å². The Morgan fingerprint density at radius 1 is 1.50 bits per heavy atom. The molecule has 1 rings (SSSR count). The molecule has 2 unspecified atom stereocenters. The minimum absolute atomic E-state index is 0.177. The molecule has 2 N–H and O–H groups in total. The first kappa shape index (κ1) is 11.3. The van der Waals surface area contributed by atoms with Crippen LogP contribution >= 0.6 is 11.6 Å². The Labute approximate surface area is 88.4 Å². The molecule has 0 aromatic heterocycles. The van der Waals surface area contributed by atoms with E-state index in [0.29, 0.717) is 5.92 Å². The third-order valence-corrected chi connectivity index (χ3v) is 2.53. The Morgan fingerprint density at radius 3 is 2.71 bits per heavy atom. The highest BCUT2D eigenvalue weighted by molar-refractivity contribution is 6.19. The predicted molar refractivity (Wildman–Crippen MR) is 54.2 cm³/mol. The van der Waals surface area contributed by atoms with Crippen molar-refractivity contribution in [3.8, 4) is 0 Å². The van der Waals surface area contributed by atoms with E-state index in [2.05, 4.69) is 17.6 Å². The molecule has 2 atom stereocenters. The van der Waals surface area contributed by atoms with Gasteiger partial charge in [-0.2, -0.15) is 0 Å². The summed E-state index contributed by atoms with van der Waals surface area (Å²) in [5.41, 5.74) is 0. The van der Waals surface area contributed by atoms with Gasteiger partial charge in [-0.25, -0.2) is 4.79 Å². The first-order valence-corrected chi connectivity index (χ1v) is 5.37. The standard InChI is InChI=1S/C9H15ClN2O2/c1-2-6-5-7(6)11-9(14)12-8(13)3-4-10/h6-7H,2-5H2,1H3,(H2,11,12,13,14). The number of nitrogens with one attached hydrogen (secondary N) is 2. The summed E-state index contributed by atoms with van der Waals surface area (Å²) in [4.78, 5) is 22.1. The van der Waals surface area contributed by atoms with Gasteiger partial charge in [-0.3, -0.25) is 10.1 Å². The van der Waals surface area contributed by atoms with Crippen molar-refractivity contribution < 1.29 is 9.59 Å². The van der Waals surface area contributed by atoms with Crippen LogP contribution < -0.4 is 10.6 Å². The fraction of sp³-hybridized carbons (Fsp3) is 0.778. The molecule has 4 nitrogen and oxygen atoms in total. The zero-order valence-corrected chi connectivity index (χ0v) is 8.93. The van der Waals surface area contributed by atoms with Crippen LogP contribution in [0.3, 0.4) is 0 Å². The lowest BCUT2D eigenvalue weighted by Crippen LogP contribution is -2.41. The lowest BCUT2D eigenvalue weighted by molar-refractivity contribution is -0.119. The number of carbonyl (C=O) groups excluding carboxylic acids is 2. The highest BCUT2D eigenvalue weighted by Gasteiger charge is 2.36. The average Bonchev–Trinajstić information content (AvgIpc) is 2.83. The first-order valence-electron chi connectivity index (χ1n) is 4.83. The molecular formula is C9H15ClN2O2. The number of hydrogen-bond donors (Lipinski definition) is 2. The summed E-state index contributed by atoms with van der Waals surface area (Å²) in [6.07, 6.45) is 2.27. The van der Waals surface area contributed by atoms with Gasteiger partial charge in [0.2, 0.25) is 5.91 Å². The number of urea groups is 1. The number of imide groups is 1. The normalized spacial score (nSPS) is 24.1. The van der Waals surface area contributed by atoms with Crippen molar-refractivity contribution in [2.24, 2.45) is 5.92 Å². The Bertz CT molecular complexity index is 233. The molecular weight excluding hydrogens is 204 g/mol. The van der Waals surface area contributed by atoms with Crippen molar-refractivity contribution in [2.75, 3.05) is 5.88 Å². The maximum absolute atomic E-state index is 11.2. The van der Waals surface area contributed by atoms with E-state index in [4.69, 9.17) is 11.6 Å². The van der Waals surface area contributed by atoms with E-state index in [1.54, 1.807) is 0 Å². The van der Waals surface area contributed by atoms with E-state index in [0.717, 1.165) is 12.8 Å². The number of rotatable bonds is 4. The largest absolute Gasteiger partial charge is 0.335 e. The van der Waals surface area contributed by atoms with Crippen LogP contribution in [0.5, 0.6) is 0 Å². The van der Waals surface area contributed by atoms with Crippen molar-refractivity contribution in [3.63, 3.8) is 0 Å². The van der Waals surface area contributed by atoms with Gasteiger partial charge < -0.3 is 5.32 Å². The molecule has 0 radical (unpaired) electrons. The minimum atomic E-state index is -0.402. The minimum Gasteiger partial charge on any atom is -0.335 e. The van der Waals surface area contributed by atoms with Crippen molar-refractivity contribution >= 4 is 23.5 Å². The fourth-order valence-corrected chi connectivity index (χ4v) is 1.53. The van der Waals surface area contributed by atoms with E-state index in [9.17, 15) is 9.59 Å². The SMILES string of the molecule is CCC1CC1NC(=O)NC(=O)CCCl. The summed E-state index contributed by atoms with van der Waals surface area (Å²) in [5, 5.41) is 4.95. The van der Waals surface area contributed by atoms with Gasteiger partial charge in [0, 0.05) is 18.3 Å². The number of amides is 3. The van der Waals surface area contributed by atoms with Gasteiger partial charge >= 0.3 is 6.03 Å². The highest BCUT2D eigenvalue weighted by atomic mass is 35.5. The van der Waals surface area contributed by atoms with E-state index in [1.807, 2.05) is 0 Å².